The van der Waals surface area contributed by atoms with Crippen molar-refractivity contribution in [2.24, 2.45) is 5.41 Å². The smallest absolute Gasteiger partial charge is 0.0383 e. The summed E-state index contributed by atoms with van der Waals surface area (Å²) in [6.45, 7) is 6.96. The highest BCUT2D eigenvalue weighted by atomic mass is 32.1. The lowest BCUT2D eigenvalue weighted by Crippen LogP contribution is -2.36. The first-order valence-electron chi connectivity index (χ1n) is 6.81. The van der Waals surface area contributed by atoms with Gasteiger partial charge in [-0.25, -0.2) is 0 Å². The van der Waals surface area contributed by atoms with Crippen LogP contribution in [-0.2, 0) is 0 Å². The monoisotopic (exact) mass is 251 g/mol. The Kier molecular flexibility index (Phi) is 3.94. The quantitative estimate of drug-likeness (QED) is 0.828. The second-order valence-corrected chi connectivity index (χ2v) is 7.27. The number of hydrogen-bond donors (Lipinski definition) is 1. The summed E-state index contributed by atoms with van der Waals surface area (Å²) in [6.07, 6.45) is 6.96. The Morgan fingerprint density at radius 3 is 2.35 bits per heavy atom. The Morgan fingerprint density at radius 1 is 1.24 bits per heavy atom. The van der Waals surface area contributed by atoms with E-state index in [1.165, 1.54) is 41.9 Å². The minimum absolute atomic E-state index is 0.450. The molecular formula is C15H25NS. The van der Waals surface area contributed by atoms with Crippen LogP contribution in [0.3, 0.4) is 0 Å². The van der Waals surface area contributed by atoms with Crippen LogP contribution in [0.25, 0.3) is 0 Å². The Morgan fingerprint density at radius 2 is 1.88 bits per heavy atom. The zero-order valence-electron chi connectivity index (χ0n) is 11.6. The molecule has 1 heterocycles. The highest BCUT2D eigenvalue weighted by Crippen LogP contribution is 2.47. The molecule has 0 aromatic carbocycles. The lowest BCUT2D eigenvalue weighted by molar-refractivity contribution is 0.150. The van der Waals surface area contributed by atoms with Gasteiger partial charge in [0, 0.05) is 15.8 Å². The summed E-state index contributed by atoms with van der Waals surface area (Å²) in [7, 11) is 2.12. The molecule has 96 valence electrons. The number of nitrogens with one attached hydrogen (secondary N) is 1. The van der Waals surface area contributed by atoms with Gasteiger partial charge in [-0.2, -0.15) is 0 Å². The van der Waals surface area contributed by atoms with Crippen molar-refractivity contribution in [3.8, 4) is 0 Å². The highest BCUT2D eigenvalue weighted by molar-refractivity contribution is 7.12. The summed E-state index contributed by atoms with van der Waals surface area (Å²) >= 11 is 1.94. The summed E-state index contributed by atoms with van der Waals surface area (Å²) in [5.74, 6) is 0. The first-order chi connectivity index (χ1) is 8.07. The van der Waals surface area contributed by atoms with E-state index in [0.717, 1.165) is 0 Å². The third kappa shape index (κ3) is 2.58. The van der Waals surface area contributed by atoms with Crippen LogP contribution < -0.4 is 5.32 Å². The molecular weight excluding hydrogens is 226 g/mol. The van der Waals surface area contributed by atoms with E-state index in [1.807, 2.05) is 11.3 Å². The maximum atomic E-state index is 3.59. The van der Waals surface area contributed by atoms with E-state index in [4.69, 9.17) is 0 Å². The van der Waals surface area contributed by atoms with Gasteiger partial charge in [0.25, 0.3) is 0 Å². The number of aryl methyl sites for hydroxylation is 2. The minimum Gasteiger partial charge on any atom is -0.313 e. The summed E-state index contributed by atoms with van der Waals surface area (Å²) in [5.41, 5.74) is 1.99. The normalized spacial score (nSPS) is 21.4. The van der Waals surface area contributed by atoms with Crippen molar-refractivity contribution in [3.63, 3.8) is 0 Å². The third-order valence-electron chi connectivity index (χ3n) is 4.37. The van der Waals surface area contributed by atoms with Gasteiger partial charge < -0.3 is 5.32 Å². The molecule has 1 fully saturated rings. The van der Waals surface area contributed by atoms with E-state index in [-0.39, 0.29) is 0 Å². The molecule has 1 N–H and O–H groups in total. The molecule has 2 heteroatoms. The maximum absolute atomic E-state index is 3.59. The molecule has 0 aliphatic heterocycles. The second kappa shape index (κ2) is 5.11. The van der Waals surface area contributed by atoms with Gasteiger partial charge in [-0.15, -0.1) is 11.3 Å². The summed E-state index contributed by atoms with van der Waals surface area (Å²) < 4.78 is 0. The molecule has 17 heavy (non-hydrogen) atoms. The molecule has 1 saturated carbocycles. The van der Waals surface area contributed by atoms with Crippen LogP contribution in [0.15, 0.2) is 6.07 Å². The van der Waals surface area contributed by atoms with E-state index in [1.54, 1.807) is 5.56 Å². The van der Waals surface area contributed by atoms with Gasteiger partial charge in [-0.1, -0.05) is 26.2 Å². The lowest BCUT2D eigenvalue weighted by Gasteiger charge is -2.41. The van der Waals surface area contributed by atoms with E-state index < -0.39 is 0 Å². The Balaban J connectivity index is 2.29. The van der Waals surface area contributed by atoms with Crippen LogP contribution in [0.2, 0.25) is 0 Å². The van der Waals surface area contributed by atoms with Crippen molar-refractivity contribution in [2.45, 2.75) is 58.9 Å². The van der Waals surface area contributed by atoms with Gasteiger partial charge in [0.2, 0.25) is 0 Å². The zero-order valence-corrected chi connectivity index (χ0v) is 12.4. The fourth-order valence-electron chi connectivity index (χ4n) is 3.46. The molecule has 0 amide bonds. The van der Waals surface area contributed by atoms with Crippen molar-refractivity contribution in [2.75, 3.05) is 7.05 Å². The minimum atomic E-state index is 0.450. The van der Waals surface area contributed by atoms with Gasteiger partial charge in [0.05, 0.1) is 0 Å². The first kappa shape index (κ1) is 13.1. The first-order valence-corrected chi connectivity index (χ1v) is 7.63. The summed E-state index contributed by atoms with van der Waals surface area (Å²) in [4.78, 5) is 2.94. The van der Waals surface area contributed by atoms with Gasteiger partial charge in [0.1, 0.15) is 0 Å². The molecule has 1 aliphatic rings. The average molecular weight is 251 g/mol. The molecule has 0 spiro atoms. The Hall–Kier alpha value is -0.340. The zero-order chi connectivity index (χ0) is 12.5. The van der Waals surface area contributed by atoms with Crippen LogP contribution in [-0.4, -0.2) is 7.05 Å². The largest absolute Gasteiger partial charge is 0.313 e. The average Bonchev–Trinajstić information content (AvgIpc) is 2.60. The predicted molar refractivity (Wildman–Crippen MR) is 76.8 cm³/mol. The van der Waals surface area contributed by atoms with Gasteiger partial charge in [0.15, 0.2) is 0 Å². The van der Waals surface area contributed by atoms with Gasteiger partial charge in [-0.05, 0) is 50.8 Å². The molecule has 1 aromatic heterocycles. The van der Waals surface area contributed by atoms with Crippen molar-refractivity contribution in [3.05, 3.63) is 21.4 Å². The van der Waals surface area contributed by atoms with Crippen LogP contribution in [0.5, 0.6) is 0 Å². The van der Waals surface area contributed by atoms with Gasteiger partial charge in [-0.3, -0.25) is 0 Å². The van der Waals surface area contributed by atoms with Crippen molar-refractivity contribution in [1.29, 1.82) is 0 Å². The molecule has 0 saturated heterocycles. The molecule has 1 aliphatic carbocycles. The molecule has 0 radical (unpaired) electrons. The molecule has 1 atom stereocenters. The summed E-state index contributed by atoms with van der Waals surface area (Å²) in [5, 5.41) is 3.59. The highest BCUT2D eigenvalue weighted by Gasteiger charge is 2.36. The standard InChI is InChI=1S/C15H25NS/c1-11-10-13(12(2)17-11)14(16-4)15(3)8-6-5-7-9-15/h10,14,16H,5-9H2,1-4H3. The van der Waals surface area contributed by atoms with E-state index in [0.29, 0.717) is 11.5 Å². The Bertz CT molecular complexity index is 374. The maximum Gasteiger partial charge on any atom is 0.0383 e. The number of thiophene rings is 1. The third-order valence-corrected chi connectivity index (χ3v) is 5.35. The van der Waals surface area contributed by atoms with E-state index in [2.05, 4.69) is 39.2 Å². The molecule has 1 aromatic rings. The SMILES string of the molecule is CNC(c1cc(C)sc1C)C1(C)CCCCC1. The van der Waals surface area contributed by atoms with Gasteiger partial charge >= 0.3 is 0 Å². The van der Waals surface area contributed by atoms with Crippen LogP contribution in [0.4, 0.5) is 0 Å². The number of hydrogen-bond acceptors (Lipinski definition) is 2. The Labute approximate surface area is 110 Å². The molecule has 2 rings (SSSR count). The fourth-order valence-corrected chi connectivity index (χ4v) is 4.43. The van der Waals surface area contributed by atoms with Crippen molar-refractivity contribution in [1.82, 2.24) is 5.32 Å². The molecule has 0 bridgehead atoms. The van der Waals surface area contributed by atoms with Crippen molar-refractivity contribution < 1.29 is 0 Å². The van der Waals surface area contributed by atoms with E-state index >= 15 is 0 Å². The fraction of sp³-hybridized carbons (Fsp3) is 0.733. The summed E-state index contributed by atoms with van der Waals surface area (Å²) in [6, 6.07) is 2.92. The molecule has 1 unspecified atom stereocenters. The predicted octanol–water partition coefficient (Wildman–Crippen LogP) is 4.60. The van der Waals surface area contributed by atoms with E-state index in [9.17, 15) is 0 Å². The van der Waals surface area contributed by atoms with Crippen LogP contribution in [0, 0.1) is 19.3 Å². The topological polar surface area (TPSA) is 12.0 Å². The second-order valence-electron chi connectivity index (χ2n) is 5.80. The molecule has 1 nitrogen and oxygen atoms in total. The van der Waals surface area contributed by atoms with Crippen LogP contribution in [0.1, 0.15) is 60.4 Å². The van der Waals surface area contributed by atoms with Crippen molar-refractivity contribution >= 4 is 11.3 Å². The lowest BCUT2D eigenvalue weighted by atomic mass is 9.68. The number of rotatable bonds is 3. The van der Waals surface area contributed by atoms with Crippen LogP contribution >= 0.6 is 11.3 Å².